The van der Waals surface area contributed by atoms with Crippen molar-refractivity contribution in [1.82, 2.24) is 9.38 Å². The number of pyridine rings is 1. The van der Waals surface area contributed by atoms with Gasteiger partial charge in [-0.15, -0.1) is 0 Å². The van der Waals surface area contributed by atoms with Gasteiger partial charge in [-0.1, -0.05) is 43.3 Å². The monoisotopic (exact) mass is 419 g/mol. The van der Waals surface area contributed by atoms with Crippen LogP contribution in [0.2, 0.25) is 0 Å². The van der Waals surface area contributed by atoms with Crippen LogP contribution in [-0.4, -0.2) is 21.6 Å². The molecular weight excluding hydrogens is 400 g/mol. The Morgan fingerprint density at radius 1 is 1.10 bits per heavy atom. The average Bonchev–Trinajstić information content (AvgIpc) is 3.16. The number of imidazole rings is 1. The zero-order valence-electron chi connectivity index (χ0n) is 16.9. The van der Waals surface area contributed by atoms with E-state index in [0.29, 0.717) is 23.5 Å². The predicted octanol–water partition coefficient (Wildman–Crippen LogP) is 4.34. The van der Waals surface area contributed by atoms with E-state index in [2.05, 4.69) is 11.1 Å². The molecule has 4 aromatic rings. The highest BCUT2D eigenvalue weighted by atomic mass is 19.1. The molecule has 2 heterocycles. The Balaban J connectivity index is 2.13. The molecule has 0 saturated carbocycles. The lowest BCUT2D eigenvalue weighted by Crippen LogP contribution is -2.33. The van der Waals surface area contributed by atoms with Crippen molar-refractivity contribution >= 4 is 5.65 Å². The summed E-state index contributed by atoms with van der Waals surface area (Å²) in [6.45, 7) is 1.84. The van der Waals surface area contributed by atoms with Crippen molar-refractivity contribution in [2.75, 3.05) is 7.11 Å². The number of benzene rings is 2. The average molecular weight is 419 g/mol. The molecule has 0 saturated heterocycles. The summed E-state index contributed by atoms with van der Waals surface area (Å²) in [4.78, 5) is 4.56. The summed E-state index contributed by atoms with van der Waals surface area (Å²) < 4.78 is 36.8. The van der Waals surface area contributed by atoms with Gasteiger partial charge < -0.3 is 14.2 Å². The summed E-state index contributed by atoms with van der Waals surface area (Å²) in [5.74, 6) is -1.07. The summed E-state index contributed by atoms with van der Waals surface area (Å²) in [5.41, 5.74) is -1.18. The highest BCUT2D eigenvalue weighted by Crippen LogP contribution is 2.41. The number of aliphatic hydroxyl groups is 1. The van der Waals surface area contributed by atoms with Gasteiger partial charge in [-0.05, 0) is 18.6 Å². The minimum atomic E-state index is -2.20. The van der Waals surface area contributed by atoms with E-state index >= 15 is 0 Å². The first-order valence-corrected chi connectivity index (χ1v) is 9.67. The number of rotatable bonds is 5. The maximum absolute atomic E-state index is 14.9. The Kier molecular flexibility index (Phi) is 5.17. The van der Waals surface area contributed by atoms with E-state index in [-0.39, 0.29) is 22.4 Å². The lowest BCUT2D eigenvalue weighted by molar-refractivity contribution is 0.111. The highest BCUT2D eigenvalue weighted by Gasteiger charge is 2.42. The minimum absolute atomic E-state index is 0.0855. The number of hydrogen-bond acceptors (Lipinski definition) is 4. The van der Waals surface area contributed by atoms with Crippen LogP contribution < -0.4 is 4.74 Å². The number of ether oxygens (including phenoxy) is 1. The summed E-state index contributed by atoms with van der Waals surface area (Å²) in [6, 6.07) is 15.0. The van der Waals surface area contributed by atoms with Crippen molar-refractivity contribution in [3.05, 3.63) is 101 Å². The fourth-order valence-electron chi connectivity index (χ4n) is 3.91. The van der Waals surface area contributed by atoms with Crippen molar-refractivity contribution in [3.63, 3.8) is 0 Å². The molecular formula is C24H19F2N3O2. The van der Waals surface area contributed by atoms with Crippen LogP contribution in [0.5, 0.6) is 5.75 Å². The highest BCUT2D eigenvalue weighted by molar-refractivity contribution is 5.58. The number of aryl methyl sites for hydroxylation is 1. The lowest BCUT2D eigenvalue weighted by atomic mass is 9.81. The fourth-order valence-corrected chi connectivity index (χ4v) is 3.91. The van der Waals surface area contributed by atoms with Crippen LogP contribution >= 0.6 is 0 Å². The Morgan fingerprint density at radius 3 is 2.16 bits per heavy atom. The van der Waals surface area contributed by atoms with E-state index in [1.165, 1.54) is 43.5 Å². The first kappa shape index (κ1) is 20.5. The normalized spacial score (nSPS) is 11.5. The van der Waals surface area contributed by atoms with E-state index in [1.54, 1.807) is 28.8 Å². The van der Waals surface area contributed by atoms with Gasteiger partial charge in [0.2, 0.25) is 0 Å². The third-order valence-electron chi connectivity index (χ3n) is 5.37. The third-order valence-corrected chi connectivity index (χ3v) is 5.37. The van der Waals surface area contributed by atoms with Crippen molar-refractivity contribution in [2.24, 2.45) is 0 Å². The fraction of sp³-hybridized carbons (Fsp3) is 0.167. The van der Waals surface area contributed by atoms with Gasteiger partial charge in [-0.3, -0.25) is 0 Å². The SMILES string of the molecule is CCc1c(C(O)(c2ccccc2F)c2ccccc2F)nc2cc(OC)c(C#N)cn12. The molecule has 0 spiro atoms. The van der Waals surface area contributed by atoms with E-state index in [9.17, 15) is 19.1 Å². The van der Waals surface area contributed by atoms with Crippen LogP contribution in [0, 0.1) is 23.0 Å². The van der Waals surface area contributed by atoms with E-state index in [1.807, 2.05) is 6.92 Å². The first-order chi connectivity index (χ1) is 14.9. The molecule has 0 aliphatic heterocycles. The third kappa shape index (κ3) is 3.13. The topological polar surface area (TPSA) is 70.6 Å². The second kappa shape index (κ2) is 7.82. The molecule has 0 radical (unpaired) electrons. The standard InChI is InChI=1S/C24H19F2N3O2/c1-3-20-23(28-22-12-21(31-2)15(13-27)14-29(20)22)24(30,16-8-4-6-10-18(16)25)17-9-5-7-11-19(17)26/h4-12,14,30H,3H2,1-2H3. The van der Waals surface area contributed by atoms with Gasteiger partial charge in [0.05, 0.1) is 7.11 Å². The van der Waals surface area contributed by atoms with Gasteiger partial charge in [-0.2, -0.15) is 5.26 Å². The van der Waals surface area contributed by atoms with Gasteiger partial charge >= 0.3 is 0 Å². The molecule has 0 aliphatic rings. The van der Waals surface area contributed by atoms with Crippen molar-refractivity contribution in [3.8, 4) is 11.8 Å². The molecule has 0 fully saturated rings. The predicted molar refractivity (Wildman–Crippen MR) is 111 cm³/mol. The molecule has 156 valence electrons. The van der Waals surface area contributed by atoms with Crippen molar-refractivity contribution in [1.29, 1.82) is 5.26 Å². The van der Waals surface area contributed by atoms with Crippen LogP contribution in [0.15, 0.2) is 60.8 Å². The van der Waals surface area contributed by atoms with E-state index in [0.717, 1.165) is 0 Å². The van der Waals surface area contributed by atoms with Crippen molar-refractivity contribution < 1.29 is 18.6 Å². The second-order valence-electron chi connectivity index (χ2n) is 7.03. The molecule has 0 bridgehead atoms. The van der Waals surface area contributed by atoms with E-state index < -0.39 is 17.2 Å². The molecule has 0 atom stereocenters. The Hall–Kier alpha value is -3.76. The van der Waals surface area contributed by atoms with E-state index in [4.69, 9.17) is 4.74 Å². The molecule has 2 aromatic heterocycles. The van der Waals surface area contributed by atoms with Crippen LogP contribution in [0.25, 0.3) is 5.65 Å². The Bertz CT molecular complexity index is 1280. The van der Waals surface area contributed by atoms with Gasteiger partial charge in [0.1, 0.15) is 40.4 Å². The molecule has 2 aromatic carbocycles. The number of aromatic nitrogens is 2. The summed E-state index contributed by atoms with van der Waals surface area (Å²) in [7, 11) is 1.44. The molecule has 31 heavy (non-hydrogen) atoms. The summed E-state index contributed by atoms with van der Waals surface area (Å²) in [5, 5.41) is 21.5. The largest absolute Gasteiger partial charge is 0.495 e. The number of hydrogen-bond donors (Lipinski definition) is 1. The van der Waals surface area contributed by atoms with Gasteiger partial charge in [0.15, 0.2) is 5.60 Å². The van der Waals surface area contributed by atoms with Crippen molar-refractivity contribution in [2.45, 2.75) is 18.9 Å². The molecule has 7 heteroatoms. The zero-order valence-corrected chi connectivity index (χ0v) is 16.9. The number of nitriles is 1. The smallest absolute Gasteiger partial charge is 0.164 e. The zero-order chi connectivity index (χ0) is 22.2. The lowest BCUT2D eigenvalue weighted by Gasteiger charge is -2.29. The molecule has 0 amide bonds. The second-order valence-corrected chi connectivity index (χ2v) is 7.03. The number of fused-ring (bicyclic) bond motifs is 1. The molecule has 0 aliphatic carbocycles. The Morgan fingerprint density at radius 2 is 1.68 bits per heavy atom. The maximum Gasteiger partial charge on any atom is 0.164 e. The first-order valence-electron chi connectivity index (χ1n) is 9.67. The molecule has 5 nitrogen and oxygen atoms in total. The minimum Gasteiger partial charge on any atom is -0.495 e. The maximum atomic E-state index is 14.9. The van der Waals surface area contributed by atoms with Crippen LogP contribution in [0.3, 0.4) is 0 Å². The quantitative estimate of drug-likeness (QED) is 0.523. The van der Waals surface area contributed by atoms with Crippen LogP contribution in [-0.2, 0) is 12.0 Å². The Labute approximate surface area is 177 Å². The van der Waals surface area contributed by atoms with Gasteiger partial charge in [0, 0.05) is 29.1 Å². The molecule has 0 unspecified atom stereocenters. The number of halogens is 2. The van der Waals surface area contributed by atoms with Crippen LogP contribution in [0.1, 0.15) is 35.0 Å². The molecule has 1 N–H and O–H groups in total. The van der Waals surface area contributed by atoms with Gasteiger partial charge in [0.25, 0.3) is 0 Å². The summed E-state index contributed by atoms with van der Waals surface area (Å²) in [6.07, 6.45) is 1.94. The summed E-state index contributed by atoms with van der Waals surface area (Å²) >= 11 is 0. The molecule has 4 rings (SSSR count). The van der Waals surface area contributed by atoms with Gasteiger partial charge in [-0.25, -0.2) is 13.8 Å². The number of methoxy groups -OCH3 is 1. The number of nitrogens with zero attached hydrogens (tertiary/aromatic N) is 3. The van der Waals surface area contributed by atoms with Crippen LogP contribution in [0.4, 0.5) is 8.78 Å².